The predicted molar refractivity (Wildman–Crippen MR) is 137 cm³/mol. The van der Waals surface area contributed by atoms with Crippen molar-refractivity contribution < 1.29 is 19.0 Å². The van der Waals surface area contributed by atoms with Crippen LogP contribution in [0.2, 0.25) is 0 Å². The van der Waals surface area contributed by atoms with Crippen molar-refractivity contribution in [2.75, 3.05) is 36.9 Å². The number of nitrogens with one attached hydrogen (secondary N) is 1. The van der Waals surface area contributed by atoms with Gasteiger partial charge in [-0.15, -0.1) is 11.3 Å². The molecule has 2 fully saturated rings. The van der Waals surface area contributed by atoms with E-state index in [4.69, 9.17) is 30.7 Å². The van der Waals surface area contributed by atoms with Crippen LogP contribution in [-0.2, 0) is 15.9 Å². The first kappa shape index (κ1) is 23.4. The molecule has 1 amide bonds. The summed E-state index contributed by atoms with van der Waals surface area (Å²) in [5, 5.41) is 3.86. The fraction of sp³-hybridized carbons (Fsp3) is 0.480. The summed E-state index contributed by atoms with van der Waals surface area (Å²) in [4.78, 5) is 25.5. The molecular formula is C25H30N6O4S. The van der Waals surface area contributed by atoms with Crippen LogP contribution < -0.4 is 26.4 Å². The first-order valence-corrected chi connectivity index (χ1v) is 12.9. The van der Waals surface area contributed by atoms with Crippen LogP contribution in [0.1, 0.15) is 34.8 Å². The summed E-state index contributed by atoms with van der Waals surface area (Å²) >= 11 is 1.31. The molecule has 1 spiro atoms. The highest BCUT2D eigenvalue weighted by Gasteiger charge is 2.55. The highest BCUT2D eigenvalue weighted by atomic mass is 32.1. The molecule has 3 aliphatic heterocycles. The van der Waals surface area contributed by atoms with Crippen LogP contribution in [0.3, 0.4) is 0 Å². The van der Waals surface area contributed by atoms with Gasteiger partial charge in [0.2, 0.25) is 11.7 Å². The predicted octanol–water partition coefficient (Wildman–Crippen LogP) is 1.98. The molecule has 3 atom stereocenters. The van der Waals surface area contributed by atoms with Crippen molar-refractivity contribution in [2.24, 2.45) is 5.73 Å². The van der Waals surface area contributed by atoms with Gasteiger partial charge in [0.1, 0.15) is 22.1 Å². The van der Waals surface area contributed by atoms with Gasteiger partial charge in [0, 0.05) is 29.6 Å². The lowest BCUT2D eigenvalue weighted by molar-refractivity contribution is -0.173. The molecule has 3 aromatic heterocycles. The van der Waals surface area contributed by atoms with Gasteiger partial charge in [-0.1, -0.05) is 0 Å². The Hall–Kier alpha value is -2.99. The number of nitrogen functional groups attached to an aromatic ring is 1. The molecule has 0 bridgehead atoms. The first-order chi connectivity index (χ1) is 17.1. The van der Waals surface area contributed by atoms with E-state index >= 15 is 0 Å². The number of nitrogens with two attached hydrogens (primary N) is 2. The molecule has 3 unspecified atom stereocenters. The number of carbonyl (C=O) groups is 1. The Labute approximate surface area is 212 Å². The van der Waals surface area contributed by atoms with E-state index in [0.29, 0.717) is 49.2 Å². The second-order valence-electron chi connectivity index (χ2n) is 10.4. The zero-order chi connectivity index (χ0) is 25.2. The van der Waals surface area contributed by atoms with E-state index in [0.717, 1.165) is 27.3 Å². The highest BCUT2D eigenvalue weighted by molar-refractivity contribution is 7.21. The van der Waals surface area contributed by atoms with Gasteiger partial charge in [-0.25, -0.2) is 4.98 Å². The number of nitrogens with zero attached hydrogens (tertiary/aromatic N) is 3. The molecule has 0 radical (unpaired) electrons. The Bertz CT molecular complexity index is 1360. The Morgan fingerprint density at radius 2 is 2.08 bits per heavy atom. The van der Waals surface area contributed by atoms with Crippen molar-refractivity contribution >= 4 is 39.0 Å². The number of amides is 1. The van der Waals surface area contributed by atoms with E-state index in [-0.39, 0.29) is 23.6 Å². The third-order valence-electron chi connectivity index (χ3n) is 6.92. The molecule has 36 heavy (non-hydrogen) atoms. The van der Waals surface area contributed by atoms with Crippen molar-refractivity contribution in [3.05, 3.63) is 40.4 Å². The third-order valence-corrected chi connectivity index (χ3v) is 8.03. The van der Waals surface area contributed by atoms with Crippen molar-refractivity contribution in [3.8, 4) is 5.88 Å². The van der Waals surface area contributed by atoms with Crippen LogP contribution in [0.5, 0.6) is 5.88 Å². The van der Waals surface area contributed by atoms with Gasteiger partial charge in [0.05, 0.1) is 36.5 Å². The van der Waals surface area contributed by atoms with Gasteiger partial charge in [-0.3, -0.25) is 4.79 Å². The molecule has 0 aliphatic carbocycles. The average molecular weight is 511 g/mol. The zero-order valence-electron chi connectivity index (χ0n) is 20.5. The summed E-state index contributed by atoms with van der Waals surface area (Å²) in [6.45, 7) is 7.83. The summed E-state index contributed by atoms with van der Waals surface area (Å²) < 4.78 is 18.2. The monoisotopic (exact) mass is 510 g/mol. The van der Waals surface area contributed by atoms with Crippen molar-refractivity contribution in [3.63, 3.8) is 0 Å². The van der Waals surface area contributed by atoms with E-state index in [1.807, 2.05) is 45.0 Å². The molecule has 10 nitrogen and oxygen atoms in total. The first-order valence-electron chi connectivity index (χ1n) is 12.1. The molecule has 3 aromatic rings. The third kappa shape index (κ3) is 3.96. The lowest BCUT2D eigenvalue weighted by atomic mass is 10.1. The molecule has 0 saturated carbocycles. The number of pyridine rings is 2. The smallest absolute Gasteiger partial charge is 0.263 e. The number of hydrogen-bond donors (Lipinski definition) is 3. The minimum absolute atomic E-state index is 0.192. The number of thiophene rings is 1. The van der Waals surface area contributed by atoms with Crippen LogP contribution in [0.4, 0.5) is 11.5 Å². The molecule has 0 aromatic carbocycles. The van der Waals surface area contributed by atoms with Gasteiger partial charge in [-0.05, 0) is 45.0 Å². The van der Waals surface area contributed by atoms with Crippen molar-refractivity contribution in [1.82, 2.24) is 15.3 Å². The number of aryl methyl sites for hydroxylation is 1. The minimum atomic E-state index is -0.819. The van der Waals surface area contributed by atoms with Crippen LogP contribution >= 0.6 is 11.3 Å². The van der Waals surface area contributed by atoms with Gasteiger partial charge in [0.15, 0.2) is 0 Å². The summed E-state index contributed by atoms with van der Waals surface area (Å²) in [5.41, 5.74) is 14.6. The van der Waals surface area contributed by atoms with E-state index in [1.165, 1.54) is 11.3 Å². The SMILES string of the molecule is Cc1ccc2c(N)c(C(=O)NC3COc4nc(N5CC(N)C6(C5)OCC(C)(C)O6)ccc4C3)sc2n1. The molecule has 6 heterocycles. The number of carbonyl (C=O) groups excluding carboxylic acids is 1. The molecular weight excluding hydrogens is 480 g/mol. The Kier molecular flexibility index (Phi) is 5.38. The number of aromatic nitrogens is 2. The molecule has 3 aliphatic rings. The quantitative estimate of drug-likeness (QED) is 0.483. The summed E-state index contributed by atoms with van der Waals surface area (Å²) in [5.74, 6) is 0.300. The number of ether oxygens (including phenoxy) is 3. The van der Waals surface area contributed by atoms with Gasteiger partial charge >= 0.3 is 0 Å². The second kappa shape index (κ2) is 8.27. The van der Waals surface area contributed by atoms with Crippen LogP contribution in [-0.4, -0.2) is 65.7 Å². The summed E-state index contributed by atoms with van der Waals surface area (Å²) in [7, 11) is 0. The lowest BCUT2D eigenvalue weighted by Gasteiger charge is -2.28. The Morgan fingerprint density at radius 3 is 2.86 bits per heavy atom. The van der Waals surface area contributed by atoms with Gasteiger partial charge in [-0.2, -0.15) is 4.98 Å². The van der Waals surface area contributed by atoms with E-state index in [9.17, 15) is 4.79 Å². The van der Waals surface area contributed by atoms with Crippen LogP contribution in [0, 0.1) is 6.92 Å². The highest BCUT2D eigenvalue weighted by Crippen LogP contribution is 2.39. The zero-order valence-corrected chi connectivity index (χ0v) is 21.4. The normalized spacial score (nSPS) is 26.8. The maximum atomic E-state index is 13.0. The van der Waals surface area contributed by atoms with Crippen molar-refractivity contribution in [2.45, 2.75) is 50.7 Å². The number of rotatable bonds is 3. The Morgan fingerprint density at radius 1 is 1.25 bits per heavy atom. The topological polar surface area (TPSA) is 138 Å². The molecule has 6 rings (SSSR count). The molecule has 190 valence electrons. The second-order valence-corrected chi connectivity index (χ2v) is 11.4. The summed E-state index contributed by atoms with van der Waals surface area (Å²) in [6, 6.07) is 7.28. The largest absolute Gasteiger partial charge is 0.475 e. The molecule has 5 N–H and O–H groups in total. The van der Waals surface area contributed by atoms with Crippen LogP contribution in [0.15, 0.2) is 24.3 Å². The van der Waals surface area contributed by atoms with E-state index < -0.39 is 5.79 Å². The maximum absolute atomic E-state index is 13.0. The minimum Gasteiger partial charge on any atom is -0.475 e. The number of fused-ring (bicyclic) bond motifs is 2. The fourth-order valence-corrected chi connectivity index (χ4v) is 6.15. The van der Waals surface area contributed by atoms with E-state index in [2.05, 4.69) is 15.2 Å². The van der Waals surface area contributed by atoms with E-state index in [1.54, 1.807) is 0 Å². The number of hydrogen-bond acceptors (Lipinski definition) is 10. The Balaban J connectivity index is 1.14. The molecule has 2 saturated heterocycles. The van der Waals surface area contributed by atoms with Gasteiger partial charge < -0.3 is 35.9 Å². The van der Waals surface area contributed by atoms with Crippen LogP contribution in [0.25, 0.3) is 10.2 Å². The average Bonchev–Trinajstić information content (AvgIpc) is 3.45. The standard InChI is InChI=1S/C25H30N6O4S/c1-13-4-6-16-19(27)20(36-23(16)28-13)21(32)29-15-8-14-5-7-18(30-22(14)33-10-15)31-9-17(26)25(11-31)34-12-24(2,3)35-25/h4-7,15,17H,8-12,26-27H2,1-3H3,(H,29,32). The maximum Gasteiger partial charge on any atom is 0.263 e. The van der Waals surface area contributed by atoms with Gasteiger partial charge in [0.25, 0.3) is 5.91 Å². The number of anilines is 2. The fourth-order valence-electron chi connectivity index (χ4n) is 5.10. The lowest BCUT2D eigenvalue weighted by Crippen LogP contribution is -2.49. The molecule has 11 heteroatoms. The van der Waals surface area contributed by atoms with Crippen molar-refractivity contribution in [1.29, 1.82) is 0 Å². The summed E-state index contributed by atoms with van der Waals surface area (Å²) in [6.07, 6.45) is 0.611.